The van der Waals surface area contributed by atoms with E-state index in [9.17, 15) is 0 Å². The average Bonchev–Trinajstić information content (AvgIpc) is 2.64. The molecule has 0 amide bonds. The molecule has 1 unspecified atom stereocenters. The summed E-state index contributed by atoms with van der Waals surface area (Å²) in [6, 6.07) is 4.26. The lowest BCUT2D eigenvalue weighted by atomic mass is 10.0. The summed E-state index contributed by atoms with van der Waals surface area (Å²) in [4.78, 5) is 7.13. The Morgan fingerprint density at radius 1 is 1.35 bits per heavy atom. The molecule has 0 spiro atoms. The zero-order valence-electron chi connectivity index (χ0n) is 13.2. The highest BCUT2D eigenvalue weighted by Crippen LogP contribution is 2.23. The number of hydrogen-bond donors (Lipinski definition) is 1. The van der Waals surface area contributed by atoms with E-state index >= 15 is 0 Å². The molecule has 1 fully saturated rings. The summed E-state index contributed by atoms with van der Waals surface area (Å²) < 4.78 is 0. The molecule has 0 aromatic carbocycles. The van der Waals surface area contributed by atoms with Crippen LogP contribution in [0.4, 0.5) is 5.82 Å². The van der Waals surface area contributed by atoms with E-state index in [1.807, 2.05) is 6.20 Å². The molecule has 1 aromatic heterocycles. The van der Waals surface area contributed by atoms with Gasteiger partial charge < -0.3 is 10.2 Å². The zero-order chi connectivity index (χ0) is 14.4. The summed E-state index contributed by atoms with van der Waals surface area (Å²) >= 11 is 0. The van der Waals surface area contributed by atoms with E-state index in [-0.39, 0.29) is 0 Å². The Morgan fingerprint density at radius 2 is 2.20 bits per heavy atom. The van der Waals surface area contributed by atoms with Crippen molar-refractivity contribution in [2.45, 2.75) is 46.6 Å². The summed E-state index contributed by atoms with van der Waals surface area (Å²) in [5.74, 6) is 2.73. The Morgan fingerprint density at radius 3 is 3.00 bits per heavy atom. The third kappa shape index (κ3) is 4.48. The van der Waals surface area contributed by atoms with Crippen LogP contribution in [0.1, 0.15) is 45.6 Å². The fourth-order valence-electron chi connectivity index (χ4n) is 2.82. The van der Waals surface area contributed by atoms with Crippen molar-refractivity contribution >= 4 is 5.82 Å². The van der Waals surface area contributed by atoms with Crippen LogP contribution >= 0.6 is 0 Å². The van der Waals surface area contributed by atoms with Gasteiger partial charge in [0.15, 0.2) is 0 Å². The minimum Gasteiger partial charge on any atom is -0.356 e. The van der Waals surface area contributed by atoms with Crippen LogP contribution < -0.4 is 10.2 Å². The van der Waals surface area contributed by atoms with E-state index in [1.165, 1.54) is 30.6 Å². The molecule has 1 N–H and O–H groups in total. The standard InChI is InChI=1S/C17H29N3/c1-14(2)12-18-13-16-7-4-9-19-17(16)20-10-5-6-15(3)8-11-20/h4,7,9,14-15,18H,5-6,8,10-13H2,1-3H3. The third-order valence-corrected chi connectivity index (χ3v) is 4.05. The number of pyridine rings is 1. The first-order valence-corrected chi connectivity index (χ1v) is 8.06. The van der Waals surface area contributed by atoms with Crippen LogP contribution in [-0.4, -0.2) is 24.6 Å². The van der Waals surface area contributed by atoms with Crippen LogP contribution in [0, 0.1) is 11.8 Å². The van der Waals surface area contributed by atoms with Gasteiger partial charge in [0.2, 0.25) is 0 Å². The second-order valence-electron chi connectivity index (χ2n) is 6.53. The lowest BCUT2D eigenvalue weighted by Gasteiger charge is -2.24. The van der Waals surface area contributed by atoms with Crippen molar-refractivity contribution in [1.29, 1.82) is 0 Å². The highest BCUT2D eigenvalue weighted by atomic mass is 15.2. The van der Waals surface area contributed by atoms with Crippen molar-refractivity contribution in [3.05, 3.63) is 23.9 Å². The Balaban J connectivity index is 2.02. The molecule has 112 valence electrons. The van der Waals surface area contributed by atoms with Gasteiger partial charge in [-0.05, 0) is 43.7 Å². The minimum atomic E-state index is 0.689. The molecule has 3 nitrogen and oxygen atoms in total. The van der Waals surface area contributed by atoms with Gasteiger partial charge in [-0.1, -0.05) is 26.8 Å². The van der Waals surface area contributed by atoms with Crippen molar-refractivity contribution in [1.82, 2.24) is 10.3 Å². The van der Waals surface area contributed by atoms with Crippen molar-refractivity contribution in [3.63, 3.8) is 0 Å². The SMILES string of the molecule is CC(C)CNCc1cccnc1N1CCCC(C)CC1. The predicted octanol–water partition coefficient (Wildman–Crippen LogP) is 3.45. The molecule has 1 aliphatic rings. The summed E-state index contributed by atoms with van der Waals surface area (Å²) in [7, 11) is 0. The van der Waals surface area contributed by atoms with Crippen LogP contribution in [0.15, 0.2) is 18.3 Å². The van der Waals surface area contributed by atoms with Gasteiger partial charge in [-0.15, -0.1) is 0 Å². The number of nitrogens with one attached hydrogen (secondary N) is 1. The van der Waals surface area contributed by atoms with Gasteiger partial charge in [0.1, 0.15) is 5.82 Å². The average molecular weight is 275 g/mol. The van der Waals surface area contributed by atoms with Crippen molar-refractivity contribution < 1.29 is 0 Å². The highest BCUT2D eigenvalue weighted by molar-refractivity contribution is 5.46. The van der Waals surface area contributed by atoms with Gasteiger partial charge in [-0.25, -0.2) is 4.98 Å². The van der Waals surface area contributed by atoms with Gasteiger partial charge in [0, 0.05) is 31.4 Å². The maximum absolute atomic E-state index is 4.65. The molecule has 1 atom stereocenters. The van der Waals surface area contributed by atoms with Gasteiger partial charge in [-0.2, -0.15) is 0 Å². The lowest BCUT2D eigenvalue weighted by molar-refractivity contribution is 0.520. The van der Waals surface area contributed by atoms with Gasteiger partial charge >= 0.3 is 0 Å². The number of hydrogen-bond acceptors (Lipinski definition) is 3. The molecular weight excluding hydrogens is 246 g/mol. The normalized spacial score (nSPS) is 20.2. The van der Waals surface area contributed by atoms with E-state index in [4.69, 9.17) is 0 Å². The molecule has 3 heteroatoms. The van der Waals surface area contributed by atoms with E-state index in [0.717, 1.165) is 32.1 Å². The molecule has 20 heavy (non-hydrogen) atoms. The Labute approximate surface area is 123 Å². The molecule has 0 aliphatic carbocycles. The predicted molar refractivity (Wildman–Crippen MR) is 86.0 cm³/mol. The van der Waals surface area contributed by atoms with Crippen LogP contribution in [0.25, 0.3) is 0 Å². The summed E-state index contributed by atoms with van der Waals surface area (Å²) in [6.45, 7) is 11.1. The molecule has 1 aromatic rings. The molecule has 0 radical (unpaired) electrons. The minimum absolute atomic E-state index is 0.689. The number of nitrogens with zero attached hydrogens (tertiary/aromatic N) is 2. The Hall–Kier alpha value is -1.09. The van der Waals surface area contributed by atoms with E-state index in [0.29, 0.717) is 5.92 Å². The summed E-state index contributed by atoms with van der Waals surface area (Å²) in [5.41, 5.74) is 1.34. The van der Waals surface area contributed by atoms with Gasteiger partial charge in [0.25, 0.3) is 0 Å². The topological polar surface area (TPSA) is 28.2 Å². The molecule has 1 saturated heterocycles. The van der Waals surface area contributed by atoms with E-state index in [2.05, 4.69) is 48.1 Å². The van der Waals surface area contributed by atoms with Crippen LogP contribution in [0.3, 0.4) is 0 Å². The molecule has 0 bridgehead atoms. The Bertz CT molecular complexity index is 403. The number of rotatable bonds is 5. The van der Waals surface area contributed by atoms with Gasteiger partial charge in [-0.3, -0.25) is 0 Å². The van der Waals surface area contributed by atoms with Crippen LogP contribution in [0.2, 0.25) is 0 Å². The first-order chi connectivity index (χ1) is 9.66. The van der Waals surface area contributed by atoms with Crippen molar-refractivity contribution in [2.24, 2.45) is 11.8 Å². The molecular formula is C17H29N3. The molecule has 2 heterocycles. The second kappa shape index (κ2) is 7.63. The monoisotopic (exact) mass is 275 g/mol. The number of aromatic nitrogens is 1. The quantitative estimate of drug-likeness (QED) is 0.892. The first kappa shape index (κ1) is 15.3. The smallest absolute Gasteiger partial charge is 0.133 e. The molecule has 2 rings (SSSR count). The van der Waals surface area contributed by atoms with Gasteiger partial charge in [0.05, 0.1) is 0 Å². The maximum atomic E-state index is 4.65. The fraction of sp³-hybridized carbons (Fsp3) is 0.706. The van der Waals surface area contributed by atoms with E-state index < -0.39 is 0 Å². The maximum Gasteiger partial charge on any atom is 0.133 e. The largest absolute Gasteiger partial charge is 0.356 e. The fourth-order valence-corrected chi connectivity index (χ4v) is 2.82. The summed E-state index contributed by atoms with van der Waals surface area (Å²) in [5, 5.41) is 3.54. The summed E-state index contributed by atoms with van der Waals surface area (Å²) in [6.07, 6.45) is 5.85. The van der Waals surface area contributed by atoms with Crippen molar-refractivity contribution in [2.75, 3.05) is 24.5 Å². The van der Waals surface area contributed by atoms with E-state index in [1.54, 1.807) is 0 Å². The molecule has 0 saturated carbocycles. The van der Waals surface area contributed by atoms with Crippen LogP contribution in [0.5, 0.6) is 0 Å². The zero-order valence-corrected chi connectivity index (χ0v) is 13.2. The van der Waals surface area contributed by atoms with Crippen molar-refractivity contribution in [3.8, 4) is 0 Å². The second-order valence-corrected chi connectivity index (χ2v) is 6.53. The molecule has 1 aliphatic heterocycles. The third-order valence-electron chi connectivity index (χ3n) is 4.05. The Kier molecular flexibility index (Phi) is 5.84. The number of anilines is 1. The van der Waals surface area contributed by atoms with Crippen LogP contribution in [-0.2, 0) is 6.54 Å². The highest BCUT2D eigenvalue weighted by Gasteiger charge is 2.17. The lowest BCUT2D eigenvalue weighted by Crippen LogP contribution is -2.28. The first-order valence-electron chi connectivity index (χ1n) is 8.06.